The summed E-state index contributed by atoms with van der Waals surface area (Å²) in [4.78, 5) is 10.7. The Morgan fingerprint density at radius 1 is 1.11 bits per heavy atom. The minimum Gasteiger partial charge on any atom is -0.330 e. The van der Waals surface area contributed by atoms with Gasteiger partial charge < -0.3 is 10.6 Å². The molecule has 0 unspecified atom stereocenters. The molecule has 19 heavy (non-hydrogen) atoms. The van der Waals surface area contributed by atoms with E-state index in [0.717, 1.165) is 30.2 Å². The largest absolute Gasteiger partial charge is 0.330 e. The molecule has 2 aromatic rings. The third-order valence-corrected chi connectivity index (χ3v) is 3.00. The molecule has 1 aromatic carbocycles. The van der Waals surface area contributed by atoms with Crippen molar-refractivity contribution in [3.05, 3.63) is 47.9 Å². The second-order valence-corrected chi connectivity index (χ2v) is 4.65. The van der Waals surface area contributed by atoms with Crippen molar-refractivity contribution < 1.29 is 0 Å². The summed E-state index contributed by atoms with van der Waals surface area (Å²) in [6, 6.07) is 10.4. The highest BCUT2D eigenvalue weighted by Crippen LogP contribution is 2.24. The fourth-order valence-electron chi connectivity index (χ4n) is 1.94. The lowest BCUT2D eigenvalue weighted by molar-refractivity contribution is 0.807. The number of hydrogen-bond acceptors (Lipinski definition) is 4. The Morgan fingerprint density at radius 3 is 2.47 bits per heavy atom. The fourth-order valence-corrected chi connectivity index (χ4v) is 1.94. The highest BCUT2D eigenvalue weighted by Gasteiger charge is 2.10. The zero-order chi connectivity index (χ0) is 13.7. The number of rotatable bonds is 5. The van der Waals surface area contributed by atoms with Crippen LogP contribution in [-0.2, 0) is 0 Å². The quantitative estimate of drug-likeness (QED) is 0.893. The minimum atomic E-state index is 0.673. The van der Waals surface area contributed by atoms with Crippen LogP contribution in [0.15, 0.2) is 36.7 Å². The first-order valence-electron chi connectivity index (χ1n) is 6.53. The summed E-state index contributed by atoms with van der Waals surface area (Å²) in [5.41, 5.74) is 8.98. The normalized spacial score (nSPS) is 10.5. The van der Waals surface area contributed by atoms with Crippen LogP contribution in [0, 0.1) is 13.8 Å². The summed E-state index contributed by atoms with van der Waals surface area (Å²) in [5, 5.41) is 0. The van der Waals surface area contributed by atoms with E-state index in [2.05, 4.69) is 46.1 Å². The number of nitrogens with two attached hydrogens (primary N) is 1. The van der Waals surface area contributed by atoms with Crippen molar-refractivity contribution in [2.75, 3.05) is 18.0 Å². The molecule has 0 aliphatic heterocycles. The first-order chi connectivity index (χ1) is 9.20. The highest BCUT2D eigenvalue weighted by atomic mass is 15.2. The minimum absolute atomic E-state index is 0.673. The van der Waals surface area contributed by atoms with Gasteiger partial charge in [-0.2, -0.15) is 0 Å². The lowest BCUT2D eigenvalue weighted by Gasteiger charge is -2.24. The topological polar surface area (TPSA) is 55.0 Å². The molecule has 4 nitrogen and oxygen atoms in total. The molecule has 1 aromatic heterocycles. The van der Waals surface area contributed by atoms with Gasteiger partial charge in [-0.25, -0.2) is 9.97 Å². The van der Waals surface area contributed by atoms with E-state index < -0.39 is 0 Å². The van der Waals surface area contributed by atoms with Gasteiger partial charge in [-0.1, -0.05) is 17.7 Å². The molecule has 1 heterocycles. The average molecular weight is 256 g/mol. The zero-order valence-corrected chi connectivity index (χ0v) is 11.5. The molecule has 0 radical (unpaired) electrons. The molecule has 0 atom stereocenters. The lowest BCUT2D eigenvalue weighted by Crippen LogP contribution is -2.22. The summed E-state index contributed by atoms with van der Waals surface area (Å²) >= 11 is 0. The van der Waals surface area contributed by atoms with Gasteiger partial charge in [0.05, 0.1) is 0 Å². The first kappa shape index (κ1) is 13.5. The van der Waals surface area contributed by atoms with Crippen molar-refractivity contribution in [1.29, 1.82) is 0 Å². The maximum Gasteiger partial charge on any atom is 0.136 e. The number of benzene rings is 1. The molecule has 0 fully saturated rings. The molecular formula is C15H20N4. The van der Waals surface area contributed by atoms with Crippen molar-refractivity contribution >= 4 is 11.5 Å². The molecular weight excluding hydrogens is 236 g/mol. The van der Waals surface area contributed by atoms with Gasteiger partial charge in [0.2, 0.25) is 0 Å². The van der Waals surface area contributed by atoms with Crippen LogP contribution in [0.4, 0.5) is 11.5 Å². The predicted molar refractivity (Wildman–Crippen MR) is 78.6 cm³/mol. The smallest absolute Gasteiger partial charge is 0.136 e. The maximum atomic E-state index is 5.63. The third kappa shape index (κ3) is 3.51. The standard InChI is InChI=1S/C15H20N4/c1-12-4-6-14(7-5-12)19(9-3-8-16)15-10-13(2)17-11-18-15/h4-7,10-11H,3,8-9,16H2,1-2H3. The summed E-state index contributed by atoms with van der Waals surface area (Å²) in [6.45, 7) is 5.59. The van der Waals surface area contributed by atoms with Crippen LogP contribution in [0.25, 0.3) is 0 Å². The molecule has 0 aliphatic carbocycles. The summed E-state index contributed by atoms with van der Waals surface area (Å²) in [5.74, 6) is 0.921. The predicted octanol–water partition coefficient (Wildman–Crippen LogP) is 2.58. The molecule has 4 heteroatoms. The molecule has 0 saturated carbocycles. The van der Waals surface area contributed by atoms with Gasteiger partial charge >= 0.3 is 0 Å². The molecule has 0 saturated heterocycles. The van der Waals surface area contributed by atoms with Gasteiger partial charge in [-0.15, -0.1) is 0 Å². The number of aromatic nitrogens is 2. The average Bonchev–Trinajstić information content (AvgIpc) is 2.41. The molecule has 2 rings (SSSR count). The van der Waals surface area contributed by atoms with Gasteiger partial charge in [0, 0.05) is 24.0 Å². The zero-order valence-electron chi connectivity index (χ0n) is 11.5. The molecule has 0 spiro atoms. The van der Waals surface area contributed by atoms with E-state index in [1.54, 1.807) is 6.33 Å². The summed E-state index contributed by atoms with van der Waals surface area (Å²) in [6.07, 6.45) is 2.53. The van der Waals surface area contributed by atoms with Crippen LogP contribution in [0.3, 0.4) is 0 Å². The molecule has 100 valence electrons. The van der Waals surface area contributed by atoms with E-state index in [1.165, 1.54) is 5.56 Å². The monoisotopic (exact) mass is 256 g/mol. The van der Waals surface area contributed by atoms with Crippen LogP contribution in [0.2, 0.25) is 0 Å². The van der Waals surface area contributed by atoms with Crippen molar-refractivity contribution in [2.24, 2.45) is 5.73 Å². The first-order valence-corrected chi connectivity index (χ1v) is 6.53. The van der Waals surface area contributed by atoms with Crippen molar-refractivity contribution in [1.82, 2.24) is 9.97 Å². The van der Waals surface area contributed by atoms with Crippen LogP contribution in [0.5, 0.6) is 0 Å². The Balaban J connectivity index is 2.32. The SMILES string of the molecule is Cc1ccc(N(CCCN)c2cc(C)ncn2)cc1. The van der Waals surface area contributed by atoms with E-state index in [-0.39, 0.29) is 0 Å². The van der Waals surface area contributed by atoms with Crippen LogP contribution >= 0.6 is 0 Å². The van der Waals surface area contributed by atoms with Crippen molar-refractivity contribution in [3.8, 4) is 0 Å². The van der Waals surface area contributed by atoms with Crippen LogP contribution in [0.1, 0.15) is 17.7 Å². The molecule has 0 aliphatic rings. The van der Waals surface area contributed by atoms with Gasteiger partial charge in [0.25, 0.3) is 0 Å². The van der Waals surface area contributed by atoms with Crippen molar-refractivity contribution in [2.45, 2.75) is 20.3 Å². The van der Waals surface area contributed by atoms with Gasteiger partial charge in [-0.05, 0) is 38.9 Å². The molecule has 0 bridgehead atoms. The molecule has 2 N–H and O–H groups in total. The third-order valence-electron chi connectivity index (χ3n) is 3.00. The Hall–Kier alpha value is -1.94. The van der Waals surface area contributed by atoms with E-state index in [0.29, 0.717) is 6.54 Å². The second-order valence-electron chi connectivity index (χ2n) is 4.65. The number of aryl methyl sites for hydroxylation is 2. The van der Waals surface area contributed by atoms with E-state index in [1.807, 2.05) is 13.0 Å². The van der Waals surface area contributed by atoms with Crippen LogP contribution in [-0.4, -0.2) is 23.1 Å². The second kappa shape index (κ2) is 6.29. The molecule has 0 amide bonds. The lowest BCUT2D eigenvalue weighted by atomic mass is 10.2. The number of nitrogens with zero attached hydrogens (tertiary/aromatic N) is 3. The Labute approximate surface area is 114 Å². The van der Waals surface area contributed by atoms with Crippen molar-refractivity contribution in [3.63, 3.8) is 0 Å². The maximum absolute atomic E-state index is 5.63. The highest BCUT2D eigenvalue weighted by molar-refractivity contribution is 5.60. The van der Waals surface area contributed by atoms with E-state index >= 15 is 0 Å². The number of anilines is 2. The number of hydrogen-bond donors (Lipinski definition) is 1. The Morgan fingerprint density at radius 2 is 1.84 bits per heavy atom. The van der Waals surface area contributed by atoms with Crippen LogP contribution < -0.4 is 10.6 Å². The fraction of sp³-hybridized carbons (Fsp3) is 0.333. The Bertz CT molecular complexity index is 522. The van der Waals surface area contributed by atoms with E-state index in [9.17, 15) is 0 Å². The van der Waals surface area contributed by atoms with E-state index in [4.69, 9.17) is 5.73 Å². The van der Waals surface area contributed by atoms with Gasteiger partial charge in [0.15, 0.2) is 0 Å². The summed E-state index contributed by atoms with van der Waals surface area (Å²) in [7, 11) is 0. The Kier molecular flexibility index (Phi) is 4.47. The van der Waals surface area contributed by atoms with Gasteiger partial charge in [0.1, 0.15) is 12.1 Å². The summed E-state index contributed by atoms with van der Waals surface area (Å²) < 4.78 is 0. The van der Waals surface area contributed by atoms with Gasteiger partial charge in [-0.3, -0.25) is 0 Å².